The van der Waals surface area contributed by atoms with E-state index in [1.165, 1.54) is 0 Å². The van der Waals surface area contributed by atoms with E-state index >= 15 is 0 Å². The lowest BCUT2D eigenvalue weighted by atomic mass is 10.1. The lowest BCUT2D eigenvalue weighted by molar-refractivity contribution is 0.0822. The Labute approximate surface area is 114 Å². The van der Waals surface area contributed by atoms with E-state index in [2.05, 4.69) is 22.2 Å². The van der Waals surface area contributed by atoms with Crippen molar-refractivity contribution >= 4 is 11.6 Å². The maximum absolute atomic E-state index is 11.9. The van der Waals surface area contributed by atoms with Crippen LogP contribution < -0.4 is 5.32 Å². The van der Waals surface area contributed by atoms with Gasteiger partial charge in [-0.3, -0.25) is 9.78 Å². The van der Waals surface area contributed by atoms with Crippen LogP contribution in [0.4, 0.5) is 5.69 Å². The highest BCUT2D eigenvalue weighted by Crippen LogP contribution is 2.16. The molecule has 0 spiro atoms. The largest absolute Gasteiger partial charge is 0.382 e. The van der Waals surface area contributed by atoms with Gasteiger partial charge in [0, 0.05) is 32.0 Å². The summed E-state index contributed by atoms with van der Waals surface area (Å²) in [4.78, 5) is 19.9. The second-order valence-electron chi connectivity index (χ2n) is 5.35. The van der Waals surface area contributed by atoms with Crippen molar-refractivity contribution in [2.45, 2.75) is 18.9 Å². The molecule has 5 heteroatoms. The van der Waals surface area contributed by atoms with Crippen molar-refractivity contribution < 1.29 is 4.79 Å². The zero-order valence-electron chi connectivity index (χ0n) is 11.9. The number of anilines is 1. The molecule has 1 amide bonds. The summed E-state index contributed by atoms with van der Waals surface area (Å²) < 4.78 is 0. The molecule has 5 nitrogen and oxygen atoms in total. The van der Waals surface area contributed by atoms with Crippen LogP contribution in [0.2, 0.25) is 0 Å². The maximum Gasteiger partial charge on any atom is 0.272 e. The van der Waals surface area contributed by atoms with Gasteiger partial charge in [-0.25, -0.2) is 0 Å². The summed E-state index contributed by atoms with van der Waals surface area (Å²) in [6.45, 7) is 2.23. The lowest BCUT2D eigenvalue weighted by Gasteiger charge is -2.30. The van der Waals surface area contributed by atoms with Gasteiger partial charge in [0.1, 0.15) is 5.69 Å². The second kappa shape index (κ2) is 6.02. The maximum atomic E-state index is 11.9. The molecule has 1 fully saturated rings. The SMILES string of the molecule is CN1CCC(Nc2ccnc(C(=O)N(C)C)c2)CC1. The van der Waals surface area contributed by atoms with Crippen LogP contribution in [0.15, 0.2) is 18.3 Å². The van der Waals surface area contributed by atoms with Gasteiger partial charge in [0.2, 0.25) is 0 Å². The summed E-state index contributed by atoms with van der Waals surface area (Å²) in [7, 11) is 5.62. The number of nitrogens with one attached hydrogen (secondary N) is 1. The fourth-order valence-corrected chi connectivity index (χ4v) is 2.26. The first-order chi connectivity index (χ1) is 9.06. The van der Waals surface area contributed by atoms with Gasteiger partial charge in [0.05, 0.1) is 0 Å². The molecule has 0 unspecified atom stereocenters. The van der Waals surface area contributed by atoms with E-state index < -0.39 is 0 Å². The second-order valence-corrected chi connectivity index (χ2v) is 5.35. The number of carbonyl (C=O) groups is 1. The van der Waals surface area contributed by atoms with Crippen LogP contribution >= 0.6 is 0 Å². The number of pyridine rings is 1. The molecule has 0 saturated carbocycles. The average Bonchev–Trinajstić information content (AvgIpc) is 2.41. The van der Waals surface area contributed by atoms with E-state index in [0.717, 1.165) is 31.6 Å². The molecule has 0 radical (unpaired) electrons. The third kappa shape index (κ3) is 3.67. The summed E-state index contributed by atoms with van der Waals surface area (Å²) in [5.74, 6) is -0.0629. The van der Waals surface area contributed by atoms with Crippen molar-refractivity contribution in [3.63, 3.8) is 0 Å². The molecule has 2 rings (SSSR count). The average molecular weight is 262 g/mol. The number of likely N-dealkylation sites (tertiary alicyclic amines) is 1. The van der Waals surface area contributed by atoms with E-state index in [-0.39, 0.29) is 5.91 Å². The molecule has 1 aromatic rings. The van der Waals surface area contributed by atoms with Crippen molar-refractivity contribution in [1.82, 2.24) is 14.8 Å². The Morgan fingerprint density at radius 2 is 2.11 bits per heavy atom. The number of aromatic nitrogens is 1. The van der Waals surface area contributed by atoms with Crippen LogP contribution in [-0.4, -0.2) is 61.0 Å². The van der Waals surface area contributed by atoms with Gasteiger partial charge in [0.15, 0.2) is 0 Å². The molecule has 0 bridgehead atoms. The minimum Gasteiger partial charge on any atom is -0.382 e. The van der Waals surface area contributed by atoms with E-state index in [1.807, 2.05) is 12.1 Å². The van der Waals surface area contributed by atoms with Crippen molar-refractivity contribution in [3.8, 4) is 0 Å². The number of nitrogens with zero attached hydrogens (tertiary/aromatic N) is 3. The van der Waals surface area contributed by atoms with Gasteiger partial charge in [-0.05, 0) is 45.1 Å². The van der Waals surface area contributed by atoms with Crippen molar-refractivity contribution in [1.29, 1.82) is 0 Å². The minimum atomic E-state index is -0.0629. The topological polar surface area (TPSA) is 48.5 Å². The van der Waals surface area contributed by atoms with Crippen LogP contribution in [0.25, 0.3) is 0 Å². The fourth-order valence-electron chi connectivity index (χ4n) is 2.26. The summed E-state index contributed by atoms with van der Waals surface area (Å²) in [6, 6.07) is 4.24. The van der Waals surface area contributed by atoms with Crippen LogP contribution in [0.3, 0.4) is 0 Å². The van der Waals surface area contributed by atoms with Crippen molar-refractivity contribution in [3.05, 3.63) is 24.0 Å². The monoisotopic (exact) mass is 262 g/mol. The smallest absolute Gasteiger partial charge is 0.272 e. The Balaban J connectivity index is 2.01. The van der Waals surface area contributed by atoms with Crippen LogP contribution in [-0.2, 0) is 0 Å². The Kier molecular flexibility index (Phi) is 4.37. The van der Waals surface area contributed by atoms with Gasteiger partial charge in [-0.2, -0.15) is 0 Å². The molecular formula is C14H22N4O. The van der Waals surface area contributed by atoms with Gasteiger partial charge >= 0.3 is 0 Å². The molecule has 104 valence electrons. The zero-order valence-corrected chi connectivity index (χ0v) is 11.9. The molecule has 2 heterocycles. The molecule has 1 aromatic heterocycles. The summed E-state index contributed by atoms with van der Waals surface area (Å²) in [5.41, 5.74) is 1.47. The first-order valence-electron chi connectivity index (χ1n) is 6.69. The Bertz CT molecular complexity index is 439. The number of piperidine rings is 1. The molecule has 0 aliphatic carbocycles. The molecule has 1 saturated heterocycles. The van der Waals surface area contributed by atoms with Crippen LogP contribution in [0, 0.1) is 0 Å². The minimum absolute atomic E-state index is 0.0629. The van der Waals surface area contributed by atoms with Crippen molar-refractivity contribution in [2.24, 2.45) is 0 Å². The van der Waals surface area contributed by atoms with Gasteiger partial charge in [0.25, 0.3) is 5.91 Å². The third-order valence-electron chi connectivity index (χ3n) is 3.47. The first-order valence-corrected chi connectivity index (χ1v) is 6.69. The highest BCUT2D eigenvalue weighted by atomic mass is 16.2. The predicted molar refractivity (Wildman–Crippen MR) is 76.4 cm³/mol. The molecule has 1 aliphatic heterocycles. The van der Waals surface area contributed by atoms with Crippen molar-refractivity contribution in [2.75, 3.05) is 39.5 Å². The van der Waals surface area contributed by atoms with E-state index in [0.29, 0.717) is 11.7 Å². The fraction of sp³-hybridized carbons (Fsp3) is 0.571. The molecular weight excluding hydrogens is 240 g/mol. The highest BCUT2D eigenvalue weighted by Gasteiger charge is 2.17. The molecule has 0 aromatic carbocycles. The Morgan fingerprint density at radius 3 is 2.74 bits per heavy atom. The number of hydrogen-bond donors (Lipinski definition) is 1. The normalized spacial score (nSPS) is 17.2. The van der Waals surface area contributed by atoms with E-state index in [1.54, 1.807) is 25.2 Å². The number of hydrogen-bond acceptors (Lipinski definition) is 4. The van der Waals surface area contributed by atoms with Gasteiger partial charge in [-0.1, -0.05) is 0 Å². The zero-order chi connectivity index (χ0) is 13.8. The van der Waals surface area contributed by atoms with Crippen LogP contribution in [0.1, 0.15) is 23.3 Å². The molecule has 1 aliphatic rings. The summed E-state index contributed by atoms with van der Waals surface area (Å²) >= 11 is 0. The first kappa shape index (κ1) is 13.8. The Morgan fingerprint density at radius 1 is 1.42 bits per heavy atom. The molecule has 0 atom stereocenters. The number of carbonyl (C=O) groups excluding carboxylic acids is 1. The van der Waals surface area contributed by atoms with Gasteiger partial charge < -0.3 is 15.1 Å². The summed E-state index contributed by atoms with van der Waals surface area (Å²) in [6.07, 6.45) is 3.96. The Hall–Kier alpha value is -1.62. The lowest BCUT2D eigenvalue weighted by Crippen LogP contribution is -2.36. The predicted octanol–water partition coefficient (Wildman–Crippen LogP) is 1.29. The molecule has 1 N–H and O–H groups in total. The summed E-state index contributed by atoms with van der Waals surface area (Å²) in [5, 5.41) is 3.50. The van der Waals surface area contributed by atoms with Crippen LogP contribution in [0.5, 0.6) is 0 Å². The van der Waals surface area contributed by atoms with E-state index in [4.69, 9.17) is 0 Å². The van der Waals surface area contributed by atoms with E-state index in [9.17, 15) is 4.79 Å². The quantitative estimate of drug-likeness (QED) is 0.891. The highest BCUT2D eigenvalue weighted by molar-refractivity contribution is 5.92. The number of amides is 1. The standard InChI is InChI=1S/C14H22N4O/c1-17(2)14(19)13-10-12(4-7-15-13)16-11-5-8-18(3)9-6-11/h4,7,10-11H,5-6,8-9H2,1-3H3,(H,15,16). The molecule has 19 heavy (non-hydrogen) atoms. The number of rotatable bonds is 3. The third-order valence-corrected chi connectivity index (χ3v) is 3.47. The van der Waals surface area contributed by atoms with Gasteiger partial charge in [-0.15, -0.1) is 0 Å².